The van der Waals surface area contributed by atoms with Gasteiger partial charge < -0.3 is 15.6 Å². The molecule has 0 radical (unpaired) electrons. The largest absolute Gasteiger partial charge is 0.382 e. The van der Waals surface area contributed by atoms with Crippen LogP contribution in [-0.4, -0.2) is 25.4 Å². The van der Waals surface area contributed by atoms with Crippen LogP contribution < -0.4 is 5.73 Å². The zero-order chi connectivity index (χ0) is 14.6. The van der Waals surface area contributed by atoms with Crippen molar-refractivity contribution < 1.29 is 9.84 Å². The third kappa shape index (κ3) is 2.62. The van der Waals surface area contributed by atoms with Crippen LogP contribution in [0.5, 0.6) is 0 Å². The van der Waals surface area contributed by atoms with Crippen LogP contribution in [0.1, 0.15) is 38.2 Å². The molecule has 1 fully saturated rings. The first-order chi connectivity index (χ1) is 9.58. The number of hydrogen-bond acceptors (Lipinski definition) is 3. The van der Waals surface area contributed by atoms with Crippen molar-refractivity contribution in [1.29, 1.82) is 0 Å². The van der Waals surface area contributed by atoms with Crippen LogP contribution in [0.15, 0.2) is 30.3 Å². The molecule has 1 aliphatic rings. The van der Waals surface area contributed by atoms with Gasteiger partial charge in [0, 0.05) is 19.1 Å². The lowest BCUT2D eigenvalue weighted by atomic mass is 9.59. The molecule has 3 heteroatoms. The number of benzene rings is 1. The van der Waals surface area contributed by atoms with E-state index in [-0.39, 0.29) is 5.41 Å². The van der Waals surface area contributed by atoms with Crippen molar-refractivity contribution in [3.63, 3.8) is 0 Å². The van der Waals surface area contributed by atoms with Crippen molar-refractivity contribution in [1.82, 2.24) is 0 Å². The lowest BCUT2D eigenvalue weighted by Crippen LogP contribution is -2.55. The van der Waals surface area contributed by atoms with Crippen molar-refractivity contribution in [2.75, 3.05) is 20.3 Å². The highest BCUT2D eigenvalue weighted by atomic mass is 16.5. The quantitative estimate of drug-likeness (QED) is 0.870. The molecule has 112 valence electrons. The second-order valence-electron chi connectivity index (χ2n) is 6.35. The van der Waals surface area contributed by atoms with E-state index in [1.165, 1.54) is 6.42 Å². The number of methoxy groups -OCH3 is 1. The van der Waals surface area contributed by atoms with Gasteiger partial charge in [0.1, 0.15) is 5.60 Å². The average Bonchev–Trinajstić information content (AvgIpc) is 2.48. The van der Waals surface area contributed by atoms with Gasteiger partial charge in [0.05, 0.1) is 6.61 Å². The van der Waals surface area contributed by atoms with E-state index in [0.717, 1.165) is 24.8 Å². The standard InChI is InChI=1S/C17H27NO2/c1-14-7-6-10-16(11-14,12-18)17(19,13-20-2)15-8-4-3-5-9-15/h3-5,8-9,14,19H,6-7,10-13,18H2,1-2H3. The summed E-state index contributed by atoms with van der Waals surface area (Å²) in [6, 6.07) is 9.86. The molecule has 1 aliphatic carbocycles. The summed E-state index contributed by atoms with van der Waals surface area (Å²) in [5, 5.41) is 11.5. The monoisotopic (exact) mass is 277 g/mol. The Labute approximate surface area is 122 Å². The number of aliphatic hydroxyl groups is 1. The Balaban J connectivity index is 2.44. The minimum Gasteiger partial charge on any atom is -0.382 e. The maximum Gasteiger partial charge on any atom is 0.120 e. The fraction of sp³-hybridized carbons (Fsp3) is 0.647. The van der Waals surface area contributed by atoms with Gasteiger partial charge in [0.2, 0.25) is 0 Å². The van der Waals surface area contributed by atoms with Crippen LogP contribution in [0.2, 0.25) is 0 Å². The summed E-state index contributed by atoms with van der Waals surface area (Å²) in [4.78, 5) is 0. The van der Waals surface area contributed by atoms with Crippen molar-refractivity contribution in [2.45, 2.75) is 38.2 Å². The fourth-order valence-electron chi connectivity index (χ4n) is 3.86. The highest BCUT2D eigenvalue weighted by Crippen LogP contribution is 2.51. The third-order valence-corrected chi connectivity index (χ3v) is 4.96. The smallest absolute Gasteiger partial charge is 0.120 e. The predicted molar refractivity (Wildman–Crippen MR) is 81.3 cm³/mol. The Hall–Kier alpha value is -0.900. The van der Waals surface area contributed by atoms with E-state index in [0.29, 0.717) is 19.1 Å². The Morgan fingerprint density at radius 3 is 2.65 bits per heavy atom. The fourth-order valence-corrected chi connectivity index (χ4v) is 3.86. The van der Waals surface area contributed by atoms with Crippen molar-refractivity contribution in [3.8, 4) is 0 Å². The number of nitrogens with two attached hydrogens (primary N) is 1. The lowest BCUT2D eigenvalue weighted by Gasteiger charge is -2.50. The molecule has 3 atom stereocenters. The third-order valence-electron chi connectivity index (χ3n) is 4.96. The molecule has 20 heavy (non-hydrogen) atoms. The molecule has 3 nitrogen and oxygen atoms in total. The minimum absolute atomic E-state index is 0.290. The van der Waals surface area contributed by atoms with Crippen LogP contribution in [0.25, 0.3) is 0 Å². The molecule has 2 rings (SSSR count). The topological polar surface area (TPSA) is 55.5 Å². The number of ether oxygens (including phenoxy) is 1. The molecule has 0 aliphatic heterocycles. The molecule has 3 N–H and O–H groups in total. The zero-order valence-electron chi connectivity index (χ0n) is 12.6. The highest BCUT2D eigenvalue weighted by Gasteiger charge is 2.52. The van der Waals surface area contributed by atoms with Crippen LogP contribution >= 0.6 is 0 Å². The maximum absolute atomic E-state index is 11.5. The van der Waals surface area contributed by atoms with Gasteiger partial charge in [-0.3, -0.25) is 0 Å². The highest BCUT2D eigenvalue weighted by molar-refractivity contribution is 5.26. The second-order valence-corrected chi connectivity index (χ2v) is 6.35. The van der Waals surface area contributed by atoms with Gasteiger partial charge in [-0.15, -0.1) is 0 Å². The Kier molecular flexibility index (Phi) is 4.84. The van der Waals surface area contributed by atoms with Gasteiger partial charge in [-0.1, -0.05) is 50.1 Å². The Morgan fingerprint density at radius 2 is 2.10 bits per heavy atom. The van der Waals surface area contributed by atoms with Gasteiger partial charge in [-0.2, -0.15) is 0 Å². The van der Waals surface area contributed by atoms with Gasteiger partial charge in [0.15, 0.2) is 0 Å². The predicted octanol–water partition coefficient (Wildman–Crippen LogP) is 2.68. The lowest BCUT2D eigenvalue weighted by molar-refractivity contribution is -0.149. The molecule has 0 spiro atoms. The molecule has 1 aromatic carbocycles. The molecular formula is C17H27NO2. The van der Waals surface area contributed by atoms with E-state index in [2.05, 4.69) is 6.92 Å². The van der Waals surface area contributed by atoms with Crippen LogP contribution in [0.4, 0.5) is 0 Å². The molecular weight excluding hydrogens is 250 g/mol. The second kappa shape index (κ2) is 6.25. The maximum atomic E-state index is 11.5. The molecule has 0 amide bonds. The summed E-state index contributed by atoms with van der Waals surface area (Å²) in [5.41, 5.74) is 5.76. The van der Waals surface area contributed by atoms with E-state index in [1.807, 2.05) is 30.3 Å². The van der Waals surface area contributed by atoms with E-state index < -0.39 is 5.60 Å². The molecule has 0 bridgehead atoms. The van der Waals surface area contributed by atoms with E-state index in [9.17, 15) is 5.11 Å². The zero-order valence-corrected chi connectivity index (χ0v) is 12.6. The van der Waals surface area contributed by atoms with Gasteiger partial charge in [-0.05, 0) is 24.3 Å². The first kappa shape index (κ1) is 15.5. The Bertz CT molecular complexity index is 422. The molecule has 0 aromatic heterocycles. The van der Waals surface area contributed by atoms with E-state index in [1.54, 1.807) is 7.11 Å². The molecule has 1 aromatic rings. The molecule has 0 heterocycles. The SMILES string of the molecule is COCC(O)(c1ccccc1)C1(CN)CCCC(C)C1. The molecule has 1 saturated carbocycles. The summed E-state index contributed by atoms with van der Waals surface area (Å²) >= 11 is 0. The van der Waals surface area contributed by atoms with Crippen LogP contribution in [-0.2, 0) is 10.3 Å². The summed E-state index contributed by atoms with van der Waals surface area (Å²) in [6.07, 6.45) is 4.26. The Morgan fingerprint density at radius 1 is 1.40 bits per heavy atom. The van der Waals surface area contributed by atoms with Gasteiger partial charge in [-0.25, -0.2) is 0 Å². The van der Waals surface area contributed by atoms with Crippen LogP contribution in [0.3, 0.4) is 0 Å². The normalized spacial score (nSPS) is 29.9. The van der Waals surface area contributed by atoms with E-state index >= 15 is 0 Å². The van der Waals surface area contributed by atoms with Gasteiger partial charge >= 0.3 is 0 Å². The van der Waals surface area contributed by atoms with Crippen molar-refractivity contribution in [2.24, 2.45) is 17.1 Å². The first-order valence-electron chi connectivity index (χ1n) is 7.55. The first-order valence-corrected chi connectivity index (χ1v) is 7.55. The van der Waals surface area contributed by atoms with E-state index in [4.69, 9.17) is 10.5 Å². The average molecular weight is 277 g/mol. The van der Waals surface area contributed by atoms with Crippen molar-refractivity contribution >= 4 is 0 Å². The van der Waals surface area contributed by atoms with Crippen LogP contribution in [0, 0.1) is 11.3 Å². The van der Waals surface area contributed by atoms with Gasteiger partial charge in [0.25, 0.3) is 0 Å². The summed E-state index contributed by atoms with van der Waals surface area (Å²) in [6.45, 7) is 3.04. The number of rotatable bonds is 5. The summed E-state index contributed by atoms with van der Waals surface area (Å²) in [5.74, 6) is 0.597. The minimum atomic E-state index is -1.01. The molecule has 3 unspecified atom stereocenters. The molecule has 0 saturated heterocycles. The van der Waals surface area contributed by atoms with Crippen molar-refractivity contribution in [3.05, 3.63) is 35.9 Å². The summed E-state index contributed by atoms with van der Waals surface area (Å²) < 4.78 is 5.37. The number of hydrogen-bond donors (Lipinski definition) is 2. The summed E-state index contributed by atoms with van der Waals surface area (Å²) in [7, 11) is 1.64.